The summed E-state index contributed by atoms with van der Waals surface area (Å²) in [6.45, 7) is 4.33. The van der Waals surface area contributed by atoms with Gasteiger partial charge in [-0.3, -0.25) is 0 Å². The molecule has 0 fully saturated rings. The molecule has 1 unspecified atom stereocenters. The first-order valence-electron chi connectivity index (χ1n) is 2.33. The van der Waals surface area contributed by atoms with Crippen molar-refractivity contribution >= 4 is 39.7 Å². The molecule has 0 nitrogen and oxygen atoms in total. The van der Waals surface area contributed by atoms with Crippen LogP contribution in [0.2, 0.25) is 0 Å². The van der Waals surface area contributed by atoms with E-state index in [4.69, 9.17) is 11.2 Å². The van der Waals surface area contributed by atoms with Crippen molar-refractivity contribution < 1.29 is 0 Å². The van der Waals surface area contributed by atoms with Gasteiger partial charge in [-0.1, -0.05) is 25.1 Å². The molecule has 0 aromatic carbocycles. The quantitative estimate of drug-likeness (QED) is 0.615. The Morgan fingerprint density at radius 3 is 2.12 bits per heavy atom. The largest absolute Gasteiger partial charge is 0.111 e. The van der Waals surface area contributed by atoms with Crippen LogP contribution in [0.15, 0.2) is 0 Å². The molecule has 0 aromatic heterocycles. The van der Waals surface area contributed by atoms with E-state index in [1.807, 2.05) is 17.6 Å². The van der Waals surface area contributed by atoms with Gasteiger partial charge >= 0.3 is 0 Å². The first-order chi connectivity index (χ1) is 3.66. The minimum absolute atomic E-state index is 0.312. The Kier molecular flexibility index (Phi) is 6.15. The van der Waals surface area contributed by atoms with E-state index in [1.165, 1.54) is 0 Å². The molecular formula is C4H10ClPS2. The van der Waals surface area contributed by atoms with E-state index in [-0.39, 0.29) is 5.68 Å². The summed E-state index contributed by atoms with van der Waals surface area (Å²) in [4.78, 5) is 0. The van der Waals surface area contributed by atoms with Gasteiger partial charge in [-0.05, 0) is 6.26 Å². The first kappa shape index (κ1) is 9.42. The summed E-state index contributed by atoms with van der Waals surface area (Å²) in [6, 6.07) is 0. The molecule has 0 aromatic rings. The zero-order chi connectivity index (χ0) is 6.57. The fraction of sp³-hybridized carbons (Fsp3) is 1.00. The second kappa shape index (κ2) is 5.22. The molecule has 0 heterocycles. The normalized spacial score (nSPS) is 14.6. The Balaban J connectivity index is 3.10. The molecule has 0 saturated heterocycles. The van der Waals surface area contributed by atoms with Gasteiger partial charge in [0.15, 0.2) is 0 Å². The maximum Gasteiger partial charge on any atom is 0.109 e. The van der Waals surface area contributed by atoms with E-state index in [1.54, 1.807) is 11.4 Å². The van der Waals surface area contributed by atoms with Gasteiger partial charge in [0.1, 0.15) is 5.68 Å². The molecule has 0 rings (SSSR count). The highest BCUT2D eigenvalue weighted by Gasteiger charge is 2.03. The Morgan fingerprint density at radius 1 is 1.50 bits per heavy atom. The molecule has 8 heavy (non-hydrogen) atoms. The Bertz CT molecular complexity index is 60.0. The summed E-state index contributed by atoms with van der Waals surface area (Å²) in [7, 11) is 0. The van der Waals surface area contributed by atoms with E-state index in [2.05, 4.69) is 13.8 Å². The molecule has 0 aliphatic carbocycles. The maximum absolute atomic E-state index is 5.85. The SMILES string of the molecule is CSP(Cl)SC(C)C. The summed E-state index contributed by atoms with van der Waals surface area (Å²) in [5.74, 6) is 0. The maximum atomic E-state index is 5.85. The van der Waals surface area contributed by atoms with Crippen LogP contribution in [0.3, 0.4) is 0 Å². The summed E-state index contributed by atoms with van der Waals surface area (Å²) >= 11 is 9.44. The van der Waals surface area contributed by atoms with E-state index in [0.717, 1.165) is 0 Å². The highest BCUT2D eigenvalue weighted by Crippen LogP contribution is 2.65. The van der Waals surface area contributed by atoms with Crippen molar-refractivity contribution in [3.05, 3.63) is 0 Å². The summed E-state index contributed by atoms with van der Waals surface area (Å²) in [5, 5.41) is 0.672. The second-order valence-corrected chi connectivity index (χ2v) is 10.3. The van der Waals surface area contributed by atoms with Gasteiger partial charge in [-0.2, -0.15) is 0 Å². The monoisotopic (exact) mass is 188 g/mol. The van der Waals surface area contributed by atoms with Gasteiger partial charge in [0.2, 0.25) is 0 Å². The van der Waals surface area contributed by atoms with Crippen molar-refractivity contribution in [2.75, 3.05) is 6.26 Å². The van der Waals surface area contributed by atoms with Crippen molar-refractivity contribution in [1.82, 2.24) is 0 Å². The molecular weight excluding hydrogens is 179 g/mol. The number of hydrogen-bond acceptors (Lipinski definition) is 2. The third kappa shape index (κ3) is 5.55. The average molecular weight is 189 g/mol. The van der Waals surface area contributed by atoms with Crippen molar-refractivity contribution in [1.29, 1.82) is 0 Å². The lowest BCUT2D eigenvalue weighted by molar-refractivity contribution is 1.12. The van der Waals surface area contributed by atoms with Crippen LogP contribution < -0.4 is 0 Å². The van der Waals surface area contributed by atoms with E-state index in [0.29, 0.717) is 5.25 Å². The Labute approximate surface area is 65.2 Å². The van der Waals surface area contributed by atoms with E-state index >= 15 is 0 Å². The van der Waals surface area contributed by atoms with Crippen molar-refractivity contribution in [3.63, 3.8) is 0 Å². The van der Waals surface area contributed by atoms with Gasteiger partial charge in [0.05, 0.1) is 0 Å². The lowest BCUT2D eigenvalue weighted by atomic mass is 10.6. The number of hydrogen-bond donors (Lipinski definition) is 0. The van der Waals surface area contributed by atoms with Crippen LogP contribution in [-0.4, -0.2) is 11.5 Å². The number of halogens is 1. The minimum Gasteiger partial charge on any atom is -0.111 e. The third-order valence-electron chi connectivity index (χ3n) is 0.437. The molecule has 0 aliphatic heterocycles. The third-order valence-corrected chi connectivity index (χ3v) is 8.01. The average Bonchev–Trinajstić information content (AvgIpc) is 1.65. The minimum atomic E-state index is -0.312. The highest BCUT2D eigenvalue weighted by atomic mass is 35.7. The predicted molar refractivity (Wildman–Crippen MR) is 49.0 cm³/mol. The van der Waals surface area contributed by atoms with Gasteiger partial charge in [0.25, 0.3) is 0 Å². The zero-order valence-electron chi connectivity index (χ0n) is 5.22. The molecule has 0 radical (unpaired) electrons. The van der Waals surface area contributed by atoms with E-state index < -0.39 is 0 Å². The van der Waals surface area contributed by atoms with Crippen LogP contribution >= 0.6 is 39.7 Å². The fourth-order valence-corrected chi connectivity index (χ4v) is 5.64. The standard InChI is InChI=1S/C4H10ClPS2/c1-4(2)8-6(5)7-3/h4H,1-3H3. The summed E-state index contributed by atoms with van der Waals surface area (Å²) in [5.41, 5.74) is -0.312. The van der Waals surface area contributed by atoms with Crippen LogP contribution in [0, 0.1) is 0 Å². The van der Waals surface area contributed by atoms with Crippen LogP contribution in [0.25, 0.3) is 0 Å². The van der Waals surface area contributed by atoms with Crippen LogP contribution in [0.4, 0.5) is 0 Å². The van der Waals surface area contributed by atoms with Crippen LogP contribution in [0.1, 0.15) is 13.8 Å². The topological polar surface area (TPSA) is 0 Å². The zero-order valence-corrected chi connectivity index (χ0v) is 8.50. The van der Waals surface area contributed by atoms with Crippen LogP contribution in [-0.2, 0) is 0 Å². The lowest BCUT2D eigenvalue weighted by Crippen LogP contribution is -1.78. The fourth-order valence-electron chi connectivity index (χ4n) is 0.209. The van der Waals surface area contributed by atoms with Crippen LogP contribution in [0.5, 0.6) is 0 Å². The molecule has 0 bridgehead atoms. The first-order valence-corrected chi connectivity index (χ1v) is 7.89. The molecule has 0 saturated carbocycles. The van der Waals surface area contributed by atoms with Gasteiger partial charge in [0, 0.05) is 5.25 Å². The summed E-state index contributed by atoms with van der Waals surface area (Å²) in [6.07, 6.45) is 2.05. The van der Waals surface area contributed by atoms with E-state index in [9.17, 15) is 0 Å². The molecule has 0 amide bonds. The van der Waals surface area contributed by atoms with Crippen molar-refractivity contribution in [2.24, 2.45) is 0 Å². The second-order valence-electron chi connectivity index (χ2n) is 1.55. The number of rotatable bonds is 3. The Hall–Kier alpha value is 1.42. The molecule has 1 atom stereocenters. The molecule has 4 heteroatoms. The molecule has 50 valence electrons. The van der Waals surface area contributed by atoms with Crippen molar-refractivity contribution in [3.8, 4) is 0 Å². The smallest absolute Gasteiger partial charge is 0.109 e. The predicted octanol–water partition coefficient (Wildman–Crippen LogP) is 3.96. The lowest BCUT2D eigenvalue weighted by Gasteiger charge is -2.06. The van der Waals surface area contributed by atoms with Gasteiger partial charge in [-0.25, -0.2) is 0 Å². The van der Waals surface area contributed by atoms with Gasteiger partial charge < -0.3 is 0 Å². The molecule has 0 N–H and O–H groups in total. The summed E-state index contributed by atoms with van der Waals surface area (Å²) < 4.78 is 0. The highest BCUT2D eigenvalue weighted by molar-refractivity contribution is 8.94. The van der Waals surface area contributed by atoms with Crippen molar-refractivity contribution in [2.45, 2.75) is 19.1 Å². The van der Waals surface area contributed by atoms with Gasteiger partial charge in [-0.15, -0.1) is 22.8 Å². The molecule has 0 spiro atoms. The molecule has 0 aliphatic rings. The Morgan fingerprint density at radius 2 is 2.00 bits per heavy atom.